The third-order valence-corrected chi connectivity index (χ3v) is 8.83. The van der Waals surface area contributed by atoms with Gasteiger partial charge in [0, 0.05) is 15.1 Å². The smallest absolute Gasteiger partial charge is 0.235 e. The molecule has 1 aliphatic rings. The molecule has 1 aliphatic carbocycles. The van der Waals surface area contributed by atoms with Crippen LogP contribution < -0.4 is 5.32 Å². The quantitative estimate of drug-likeness (QED) is 0.276. The maximum absolute atomic E-state index is 12.7. The number of fused-ring (bicyclic) bond motifs is 2. The van der Waals surface area contributed by atoms with Gasteiger partial charge in [-0.05, 0) is 42.4 Å². The fraction of sp³-hybridized carbons (Fsp3) is 0.250. The zero-order valence-electron chi connectivity index (χ0n) is 17.4. The standard InChI is InChI=1S/C24H20N4OS3/c1-14-7-8-16-18(11-25)24(32-20(16)9-14)28-21(29)12-30-22-17-10-19(15-5-3-2-4-6-15)31-23(17)27-13-26-22/h2-6,10,13-14H,7-9,12H2,1H3,(H,28,29)/t14-/m0/s1. The molecule has 1 N–H and O–H groups in total. The topological polar surface area (TPSA) is 78.7 Å². The van der Waals surface area contributed by atoms with Crippen LogP contribution in [0.1, 0.15) is 29.3 Å². The number of hydrogen-bond acceptors (Lipinski definition) is 7. The van der Waals surface area contributed by atoms with Gasteiger partial charge in [0.15, 0.2) is 0 Å². The van der Waals surface area contributed by atoms with Gasteiger partial charge in [0.1, 0.15) is 27.3 Å². The summed E-state index contributed by atoms with van der Waals surface area (Å²) in [5, 5.41) is 15.1. The molecule has 0 saturated heterocycles. The number of nitriles is 1. The molecule has 160 valence electrons. The van der Waals surface area contributed by atoms with Crippen LogP contribution in [0.4, 0.5) is 5.00 Å². The average molecular weight is 477 g/mol. The summed E-state index contributed by atoms with van der Waals surface area (Å²) in [5.74, 6) is 0.730. The van der Waals surface area contributed by atoms with Gasteiger partial charge in [0.2, 0.25) is 5.91 Å². The fourth-order valence-corrected chi connectivity index (χ4v) is 7.17. The summed E-state index contributed by atoms with van der Waals surface area (Å²) >= 11 is 4.58. The predicted octanol–water partition coefficient (Wildman–Crippen LogP) is 6.15. The Bertz CT molecular complexity index is 1340. The lowest BCUT2D eigenvalue weighted by Gasteiger charge is -2.17. The van der Waals surface area contributed by atoms with E-state index in [-0.39, 0.29) is 11.7 Å². The normalized spacial score (nSPS) is 15.3. The lowest BCUT2D eigenvalue weighted by molar-refractivity contribution is -0.113. The number of amides is 1. The van der Waals surface area contributed by atoms with E-state index in [1.54, 1.807) is 29.0 Å². The summed E-state index contributed by atoms with van der Waals surface area (Å²) in [6.45, 7) is 2.24. The number of nitrogens with one attached hydrogen (secondary N) is 1. The Balaban J connectivity index is 1.32. The van der Waals surface area contributed by atoms with Crippen molar-refractivity contribution in [1.82, 2.24) is 9.97 Å². The summed E-state index contributed by atoms with van der Waals surface area (Å²) in [5.41, 5.74) is 2.91. The Kier molecular flexibility index (Phi) is 5.96. The summed E-state index contributed by atoms with van der Waals surface area (Å²) in [6.07, 6.45) is 4.55. The Labute approximate surface area is 198 Å². The van der Waals surface area contributed by atoms with E-state index in [1.807, 2.05) is 18.2 Å². The van der Waals surface area contributed by atoms with E-state index in [9.17, 15) is 10.1 Å². The predicted molar refractivity (Wildman–Crippen MR) is 132 cm³/mol. The van der Waals surface area contributed by atoms with Gasteiger partial charge >= 0.3 is 0 Å². The molecule has 3 heterocycles. The van der Waals surface area contributed by atoms with Crippen molar-refractivity contribution in [2.75, 3.05) is 11.1 Å². The molecule has 0 aliphatic heterocycles. The second-order valence-corrected chi connectivity index (χ2v) is 11.0. The highest BCUT2D eigenvalue weighted by atomic mass is 32.2. The van der Waals surface area contributed by atoms with Crippen LogP contribution >= 0.6 is 34.4 Å². The summed E-state index contributed by atoms with van der Waals surface area (Å²) in [7, 11) is 0. The number of rotatable bonds is 5. The lowest BCUT2D eigenvalue weighted by Crippen LogP contribution is -2.14. The third kappa shape index (κ3) is 4.16. The summed E-state index contributed by atoms with van der Waals surface area (Å²) in [6, 6.07) is 14.6. The SMILES string of the molecule is C[C@H]1CCc2c(sc(NC(=O)CSc3ncnc4sc(-c5ccccc5)cc34)c2C#N)C1. The van der Waals surface area contributed by atoms with Gasteiger partial charge in [0.25, 0.3) is 0 Å². The van der Waals surface area contributed by atoms with E-state index in [0.717, 1.165) is 50.5 Å². The van der Waals surface area contributed by atoms with E-state index in [1.165, 1.54) is 16.6 Å². The van der Waals surface area contributed by atoms with Crippen molar-refractivity contribution < 1.29 is 4.79 Å². The number of aromatic nitrogens is 2. The van der Waals surface area contributed by atoms with Crippen LogP contribution in [0, 0.1) is 17.2 Å². The zero-order chi connectivity index (χ0) is 22.1. The van der Waals surface area contributed by atoms with Gasteiger partial charge in [-0.3, -0.25) is 4.79 Å². The molecule has 1 amide bonds. The number of thioether (sulfide) groups is 1. The molecule has 3 aromatic heterocycles. The minimum atomic E-state index is -0.122. The number of hydrogen-bond donors (Lipinski definition) is 1. The maximum atomic E-state index is 12.7. The molecular formula is C24H20N4OS3. The van der Waals surface area contributed by atoms with Crippen LogP contribution in [0.5, 0.6) is 0 Å². The first-order valence-electron chi connectivity index (χ1n) is 10.4. The number of thiophene rings is 2. The number of carbonyl (C=O) groups is 1. The Morgan fingerprint density at radius 3 is 2.94 bits per heavy atom. The molecule has 32 heavy (non-hydrogen) atoms. The monoisotopic (exact) mass is 476 g/mol. The number of anilines is 1. The largest absolute Gasteiger partial charge is 0.316 e. The van der Waals surface area contributed by atoms with Crippen molar-refractivity contribution >= 4 is 55.6 Å². The first-order chi connectivity index (χ1) is 15.6. The van der Waals surface area contributed by atoms with E-state index in [4.69, 9.17) is 0 Å². The van der Waals surface area contributed by atoms with Crippen molar-refractivity contribution in [2.45, 2.75) is 31.2 Å². The van der Waals surface area contributed by atoms with Gasteiger partial charge in [-0.1, -0.05) is 49.0 Å². The van der Waals surface area contributed by atoms with Crippen molar-refractivity contribution in [3.63, 3.8) is 0 Å². The molecule has 1 atom stereocenters. The highest BCUT2D eigenvalue weighted by Crippen LogP contribution is 2.40. The molecule has 0 bridgehead atoms. The average Bonchev–Trinajstić information content (AvgIpc) is 3.39. The number of carbonyl (C=O) groups excluding carboxylic acids is 1. The zero-order valence-corrected chi connectivity index (χ0v) is 19.9. The van der Waals surface area contributed by atoms with Crippen LogP contribution in [0.2, 0.25) is 0 Å². The number of nitrogens with zero attached hydrogens (tertiary/aromatic N) is 3. The van der Waals surface area contributed by atoms with E-state index in [0.29, 0.717) is 16.5 Å². The molecular weight excluding hydrogens is 456 g/mol. The maximum Gasteiger partial charge on any atom is 0.235 e. The van der Waals surface area contributed by atoms with Crippen molar-refractivity contribution in [3.05, 3.63) is 58.7 Å². The van der Waals surface area contributed by atoms with E-state index < -0.39 is 0 Å². The molecule has 4 aromatic rings. The Morgan fingerprint density at radius 2 is 2.12 bits per heavy atom. The molecule has 1 aromatic carbocycles. The van der Waals surface area contributed by atoms with Crippen LogP contribution in [0.3, 0.4) is 0 Å². The van der Waals surface area contributed by atoms with Crippen LogP contribution in [0.15, 0.2) is 47.8 Å². The van der Waals surface area contributed by atoms with Gasteiger partial charge in [0.05, 0.1) is 11.3 Å². The minimum absolute atomic E-state index is 0.122. The van der Waals surface area contributed by atoms with Gasteiger partial charge in [-0.15, -0.1) is 22.7 Å². The first kappa shape index (κ1) is 21.1. The molecule has 0 fully saturated rings. The second-order valence-electron chi connectivity index (χ2n) is 7.88. The van der Waals surface area contributed by atoms with E-state index in [2.05, 4.69) is 46.5 Å². The van der Waals surface area contributed by atoms with Crippen molar-refractivity contribution in [1.29, 1.82) is 5.26 Å². The van der Waals surface area contributed by atoms with Gasteiger partial charge in [-0.25, -0.2) is 9.97 Å². The van der Waals surface area contributed by atoms with Crippen molar-refractivity contribution in [2.24, 2.45) is 5.92 Å². The second kappa shape index (κ2) is 9.02. The highest BCUT2D eigenvalue weighted by molar-refractivity contribution is 8.00. The Hall–Kier alpha value is -2.73. The number of benzene rings is 1. The van der Waals surface area contributed by atoms with Crippen molar-refractivity contribution in [3.8, 4) is 16.5 Å². The Morgan fingerprint density at radius 1 is 1.28 bits per heavy atom. The van der Waals surface area contributed by atoms with Crippen LogP contribution in [-0.4, -0.2) is 21.6 Å². The highest BCUT2D eigenvalue weighted by Gasteiger charge is 2.24. The fourth-order valence-electron chi connectivity index (χ4n) is 3.95. The molecule has 0 radical (unpaired) electrons. The van der Waals surface area contributed by atoms with Gasteiger partial charge in [-0.2, -0.15) is 5.26 Å². The minimum Gasteiger partial charge on any atom is -0.316 e. The first-order valence-corrected chi connectivity index (χ1v) is 13.0. The molecule has 0 saturated carbocycles. The van der Waals surface area contributed by atoms with Gasteiger partial charge < -0.3 is 5.32 Å². The molecule has 0 spiro atoms. The molecule has 5 rings (SSSR count). The van der Waals surface area contributed by atoms with Crippen LogP contribution in [-0.2, 0) is 17.6 Å². The summed E-state index contributed by atoms with van der Waals surface area (Å²) in [4.78, 5) is 24.8. The molecule has 8 heteroatoms. The molecule has 0 unspecified atom stereocenters. The lowest BCUT2D eigenvalue weighted by atomic mass is 9.89. The summed E-state index contributed by atoms with van der Waals surface area (Å²) < 4.78 is 0. The third-order valence-electron chi connectivity index (χ3n) is 5.57. The van der Waals surface area contributed by atoms with E-state index >= 15 is 0 Å². The molecule has 5 nitrogen and oxygen atoms in total. The van der Waals surface area contributed by atoms with Crippen LogP contribution in [0.25, 0.3) is 20.7 Å².